The first kappa shape index (κ1) is 25.6. The van der Waals surface area contributed by atoms with Gasteiger partial charge in [-0.25, -0.2) is 6.08 Å². The molecule has 2 atom stereocenters. The van der Waals surface area contributed by atoms with Crippen molar-refractivity contribution in [3.63, 3.8) is 0 Å². The maximum absolute atomic E-state index is 3.64. The molecule has 4 heteroatoms. The molecule has 4 rings (SSSR count). The molecule has 0 amide bonds. The van der Waals surface area contributed by atoms with Crippen molar-refractivity contribution in [3.05, 3.63) is 82.4 Å². The van der Waals surface area contributed by atoms with Gasteiger partial charge >= 0.3 is 41.6 Å². The molecule has 28 heavy (non-hydrogen) atoms. The van der Waals surface area contributed by atoms with Crippen LogP contribution >= 0.6 is 0 Å². The number of halogens is 2. The molecule has 0 N–H and O–H groups in total. The van der Waals surface area contributed by atoms with Gasteiger partial charge in [-0.1, -0.05) is 73.9 Å². The Hall–Kier alpha value is -0.413. The molecule has 0 saturated carbocycles. The molecule has 0 nitrogen and oxygen atoms in total. The summed E-state index contributed by atoms with van der Waals surface area (Å²) in [6, 6.07) is 17.6. The Morgan fingerprint density at radius 1 is 0.929 bits per heavy atom. The quantitative estimate of drug-likeness (QED) is 0.362. The normalized spacial score (nSPS) is 18.2. The van der Waals surface area contributed by atoms with Crippen molar-refractivity contribution in [2.24, 2.45) is 5.92 Å². The molecule has 2 aliphatic rings. The van der Waals surface area contributed by atoms with E-state index in [1.54, 1.807) is 5.57 Å². The molecular formula is C24H27Cl2HfSi-. The fourth-order valence-electron chi connectivity index (χ4n) is 3.94. The Bertz CT molecular complexity index is 866. The summed E-state index contributed by atoms with van der Waals surface area (Å²) in [5, 5.41) is 0. The van der Waals surface area contributed by atoms with E-state index in [0.717, 1.165) is 0 Å². The van der Waals surface area contributed by atoms with Crippen molar-refractivity contribution in [3.8, 4) is 0 Å². The summed E-state index contributed by atoms with van der Waals surface area (Å²) in [5.74, 6) is 1.51. The zero-order chi connectivity index (χ0) is 18.7. The molecule has 2 aliphatic carbocycles. The van der Waals surface area contributed by atoms with Gasteiger partial charge in [-0.2, -0.15) is 5.56 Å². The topological polar surface area (TPSA) is 0 Å². The van der Waals surface area contributed by atoms with Crippen LogP contribution in [0.2, 0.25) is 13.1 Å². The third-order valence-corrected chi connectivity index (χ3v) is 4.80. The van der Waals surface area contributed by atoms with Crippen LogP contribution in [0.4, 0.5) is 0 Å². The monoisotopic (exact) mass is 593 g/mol. The second-order valence-corrected chi connectivity index (χ2v) is 20.6. The standard InChI is InChI=1S/C22H21.C2H6Si.2ClH.Hf/c1-15(2)13-18-14-17-8-4-6-10-20(17)22(18)21-12-11-16-7-3-5-9-19(16)21;1-3-2;;;/h3-11,14-15,21-22H,13H2,1-2H3;1-2H3;2*1H;/q-1;;;;+2/p-2. The number of hydrogen-bond donors (Lipinski definition) is 0. The number of benzene rings is 2. The van der Waals surface area contributed by atoms with Crippen LogP contribution in [-0.2, 0) is 23.0 Å². The van der Waals surface area contributed by atoms with Crippen LogP contribution in [0.3, 0.4) is 0 Å². The Morgan fingerprint density at radius 2 is 1.46 bits per heavy atom. The van der Waals surface area contributed by atoms with Crippen LogP contribution < -0.4 is 24.8 Å². The fourth-order valence-corrected chi connectivity index (χ4v) is 3.94. The summed E-state index contributed by atoms with van der Waals surface area (Å²) in [4.78, 5) is 0. The van der Waals surface area contributed by atoms with E-state index in [9.17, 15) is 0 Å². The Balaban J connectivity index is 0.000000601. The van der Waals surface area contributed by atoms with Gasteiger partial charge in [0.15, 0.2) is 0 Å². The molecular weight excluding hydrogens is 566 g/mol. The largest absolute Gasteiger partial charge is 1.00 e. The van der Waals surface area contributed by atoms with Crippen LogP contribution in [0.5, 0.6) is 0 Å². The third-order valence-electron chi connectivity index (χ3n) is 4.80. The van der Waals surface area contributed by atoms with Crippen LogP contribution in [0.25, 0.3) is 12.2 Å². The van der Waals surface area contributed by atoms with Crippen molar-refractivity contribution < 1.29 is 47.8 Å². The first-order valence-corrected chi connectivity index (χ1v) is 17.4. The van der Waals surface area contributed by atoms with Crippen LogP contribution in [0.1, 0.15) is 54.4 Å². The van der Waals surface area contributed by atoms with Gasteiger partial charge in [-0.05, 0) is 29.4 Å². The van der Waals surface area contributed by atoms with Crippen LogP contribution in [0, 0.1) is 12.0 Å². The predicted molar refractivity (Wildman–Crippen MR) is 111 cm³/mol. The van der Waals surface area contributed by atoms with E-state index in [4.69, 9.17) is 0 Å². The number of allylic oxidation sites excluding steroid dienone is 2. The van der Waals surface area contributed by atoms with Crippen molar-refractivity contribution in [2.75, 3.05) is 0 Å². The molecule has 2 aromatic carbocycles. The summed E-state index contributed by atoms with van der Waals surface area (Å²) in [7, 11) is 0. The zero-order valence-corrected chi connectivity index (χ0v) is 23.1. The van der Waals surface area contributed by atoms with Gasteiger partial charge in [0.1, 0.15) is 0 Å². The van der Waals surface area contributed by atoms with Gasteiger partial charge < -0.3 is 24.8 Å². The first-order valence-electron chi connectivity index (χ1n) is 9.46. The van der Waals surface area contributed by atoms with E-state index in [1.165, 1.54) is 51.7 Å². The first-order chi connectivity index (χ1) is 12.5. The molecule has 0 heterocycles. The molecule has 0 fully saturated rings. The van der Waals surface area contributed by atoms with E-state index in [1.807, 2.05) is 0 Å². The Morgan fingerprint density at radius 3 is 2.07 bits per heavy atom. The maximum atomic E-state index is 3.64. The molecule has 0 aliphatic heterocycles. The Labute approximate surface area is 197 Å². The second-order valence-electron chi connectivity index (χ2n) is 7.84. The average Bonchev–Trinajstić information content (AvgIpc) is 3.14. The summed E-state index contributed by atoms with van der Waals surface area (Å²) >= 11 is 1.45. The summed E-state index contributed by atoms with van der Waals surface area (Å²) < 4.78 is 0. The van der Waals surface area contributed by atoms with E-state index in [-0.39, 0.29) is 30.3 Å². The number of fused-ring (bicyclic) bond motifs is 2. The smallest absolute Gasteiger partial charge is 1.00 e. The van der Waals surface area contributed by atoms with E-state index >= 15 is 0 Å². The molecule has 2 unspecified atom stereocenters. The van der Waals surface area contributed by atoms with Gasteiger partial charge in [0, 0.05) is 0 Å². The van der Waals surface area contributed by atoms with Gasteiger partial charge in [0.25, 0.3) is 0 Å². The number of rotatable bonds is 3. The van der Waals surface area contributed by atoms with Crippen molar-refractivity contribution >= 4 is 17.6 Å². The molecule has 0 bridgehead atoms. The molecule has 0 aromatic heterocycles. The molecule has 0 spiro atoms. The van der Waals surface area contributed by atoms with Gasteiger partial charge in [0.05, 0.1) is 0 Å². The SMILES string of the molecule is CC(C)CC1=Cc2ccccc2C1C1[C-]=Cc2ccccc21.C[Si](C)=[Hf+2].[Cl-].[Cl-]. The van der Waals surface area contributed by atoms with E-state index in [2.05, 4.69) is 93.7 Å². The van der Waals surface area contributed by atoms with Crippen molar-refractivity contribution in [1.29, 1.82) is 0 Å². The minimum atomic E-state index is 0. The summed E-state index contributed by atoms with van der Waals surface area (Å²) in [6.45, 7) is 9.28. The van der Waals surface area contributed by atoms with E-state index < -0.39 is 0 Å². The van der Waals surface area contributed by atoms with Gasteiger partial charge in [-0.3, -0.25) is 6.08 Å². The van der Waals surface area contributed by atoms with Gasteiger partial charge in [-0.15, -0.1) is 11.6 Å². The number of hydrogen-bond acceptors (Lipinski definition) is 0. The maximum Gasteiger partial charge on any atom is -1.00 e. The van der Waals surface area contributed by atoms with E-state index in [0.29, 0.717) is 17.8 Å². The third kappa shape index (κ3) is 6.04. The fraction of sp³-hybridized carbons (Fsp3) is 0.333. The zero-order valence-electron chi connectivity index (χ0n) is 17.0. The molecule has 0 saturated heterocycles. The van der Waals surface area contributed by atoms with Crippen LogP contribution in [0.15, 0.2) is 54.1 Å². The van der Waals surface area contributed by atoms with Crippen molar-refractivity contribution in [1.82, 2.24) is 0 Å². The molecule has 0 radical (unpaired) electrons. The summed E-state index contributed by atoms with van der Waals surface area (Å²) in [6.07, 6.45) is 9.40. The predicted octanol–water partition coefficient (Wildman–Crippen LogP) is 0.619. The second kappa shape index (κ2) is 11.7. The average molecular weight is 593 g/mol. The van der Waals surface area contributed by atoms with Gasteiger partial charge in [0.2, 0.25) is 0 Å². The Kier molecular flexibility index (Phi) is 10.7. The minimum absolute atomic E-state index is 0. The minimum Gasteiger partial charge on any atom is -1.00 e. The molecule has 146 valence electrons. The summed E-state index contributed by atoms with van der Waals surface area (Å²) in [5.41, 5.74) is 7.46. The molecule has 2 aromatic rings. The van der Waals surface area contributed by atoms with Crippen molar-refractivity contribution in [2.45, 2.75) is 45.2 Å². The van der Waals surface area contributed by atoms with Crippen LogP contribution in [-0.4, -0.2) is 5.49 Å².